The molecule has 1 aliphatic heterocycles. The van der Waals surface area contributed by atoms with Crippen molar-refractivity contribution in [2.75, 3.05) is 7.11 Å². The van der Waals surface area contributed by atoms with Gasteiger partial charge in [0.15, 0.2) is 6.23 Å². The predicted octanol–water partition coefficient (Wildman–Crippen LogP) is 5.82. The number of nitrogens with one attached hydrogen (secondary N) is 1. The molecule has 1 aromatic rings. The molecule has 2 rings (SSSR count). The van der Waals surface area contributed by atoms with Crippen LogP contribution in [0.5, 0.6) is 5.75 Å². The summed E-state index contributed by atoms with van der Waals surface area (Å²) in [5, 5.41) is 3.14. The van der Waals surface area contributed by atoms with Gasteiger partial charge in [-0.2, -0.15) is 0 Å². The van der Waals surface area contributed by atoms with Crippen LogP contribution in [0.3, 0.4) is 0 Å². The van der Waals surface area contributed by atoms with E-state index in [9.17, 15) is 0 Å². The maximum Gasteiger partial charge on any atom is 0.186 e. The largest absolute Gasteiger partial charge is 0.494 e. The van der Waals surface area contributed by atoms with Crippen molar-refractivity contribution >= 4 is 49.5 Å². The van der Waals surface area contributed by atoms with Gasteiger partial charge in [-0.05, 0) is 62.1 Å². The topological polar surface area (TPSA) is 30.5 Å². The molecule has 1 N–H and O–H groups in total. The molecule has 1 aromatic carbocycles. The second-order valence-electron chi connectivity index (χ2n) is 5.35. The van der Waals surface area contributed by atoms with Crippen molar-refractivity contribution in [3.63, 3.8) is 0 Å². The van der Waals surface area contributed by atoms with Crippen LogP contribution >= 0.6 is 43.5 Å². The van der Waals surface area contributed by atoms with Crippen LogP contribution in [0.2, 0.25) is 0 Å². The summed E-state index contributed by atoms with van der Waals surface area (Å²) < 4.78 is 13.0. The number of hydrogen-bond acceptors (Lipinski definition) is 3. The monoisotopic (exact) mass is 463 g/mol. The summed E-state index contributed by atoms with van der Waals surface area (Å²) in [6.45, 7) is 6.16. The van der Waals surface area contributed by atoms with Crippen molar-refractivity contribution in [3.05, 3.63) is 44.7 Å². The highest BCUT2D eigenvalue weighted by Gasteiger charge is 2.29. The summed E-state index contributed by atoms with van der Waals surface area (Å²) in [7, 11) is 1.64. The average molecular weight is 466 g/mol. The van der Waals surface area contributed by atoms with Gasteiger partial charge in [-0.15, -0.1) is 11.6 Å². The van der Waals surface area contributed by atoms with Crippen LogP contribution in [-0.4, -0.2) is 18.7 Å². The third kappa shape index (κ3) is 4.68. The first kappa shape index (κ1) is 18.7. The molecule has 0 amide bonds. The Labute approximate surface area is 159 Å². The van der Waals surface area contributed by atoms with E-state index in [0.717, 1.165) is 45.2 Å². The van der Waals surface area contributed by atoms with Gasteiger partial charge in [0.05, 0.1) is 27.1 Å². The fourth-order valence-electron chi connectivity index (χ4n) is 2.33. The number of benzene rings is 1. The Hall–Kier alpha value is -0.650. The lowest BCUT2D eigenvalue weighted by atomic mass is 10.2. The minimum absolute atomic E-state index is 0.0769. The van der Waals surface area contributed by atoms with Crippen molar-refractivity contribution in [2.24, 2.45) is 0 Å². The Morgan fingerprint density at radius 2 is 2.09 bits per heavy atom. The molecule has 2 atom stereocenters. The number of hydrogen-bond donors (Lipinski definition) is 1. The Morgan fingerprint density at radius 1 is 1.43 bits per heavy atom. The van der Waals surface area contributed by atoms with Gasteiger partial charge in [0.25, 0.3) is 0 Å². The van der Waals surface area contributed by atoms with Crippen LogP contribution < -0.4 is 10.1 Å². The van der Waals surface area contributed by atoms with Crippen molar-refractivity contribution in [1.29, 1.82) is 0 Å². The van der Waals surface area contributed by atoms with Crippen molar-refractivity contribution < 1.29 is 9.47 Å². The molecule has 0 radical (unpaired) electrons. The molecule has 2 unspecified atom stereocenters. The number of halogens is 3. The van der Waals surface area contributed by atoms with Gasteiger partial charge in [-0.1, -0.05) is 26.3 Å². The normalized spacial score (nSPS) is 20.3. The summed E-state index contributed by atoms with van der Waals surface area (Å²) in [6, 6.07) is 3.94. The lowest BCUT2D eigenvalue weighted by Gasteiger charge is -2.16. The van der Waals surface area contributed by atoms with Crippen LogP contribution in [0.15, 0.2) is 39.1 Å². The Kier molecular flexibility index (Phi) is 6.86. The van der Waals surface area contributed by atoms with Gasteiger partial charge in [0, 0.05) is 0 Å². The highest BCUT2D eigenvalue weighted by atomic mass is 79.9. The van der Waals surface area contributed by atoms with E-state index in [1.807, 2.05) is 18.2 Å². The molecule has 0 bridgehead atoms. The van der Waals surface area contributed by atoms with Gasteiger partial charge in [0.1, 0.15) is 11.5 Å². The number of rotatable bonds is 6. The van der Waals surface area contributed by atoms with E-state index in [2.05, 4.69) is 50.7 Å². The Balaban J connectivity index is 2.15. The molecule has 0 aromatic heterocycles. The van der Waals surface area contributed by atoms with Crippen LogP contribution in [0, 0.1) is 0 Å². The van der Waals surface area contributed by atoms with Gasteiger partial charge in [-0.25, -0.2) is 0 Å². The summed E-state index contributed by atoms with van der Waals surface area (Å²) >= 11 is 13.4. The van der Waals surface area contributed by atoms with E-state index >= 15 is 0 Å². The van der Waals surface area contributed by atoms with Crippen molar-refractivity contribution in [3.8, 4) is 5.75 Å². The number of unbranched alkanes of at least 4 members (excludes halogenated alkanes) is 1. The Bertz CT molecular complexity index is 596. The fourth-order valence-corrected chi connectivity index (χ4v) is 4.14. The maximum atomic E-state index is 6.40. The molecule has 3 nitrogen and oxygen atoms in total. The van der Waals surface area contributed by atoms with Crippen LogP contribution in [0.25, 0.3) is 6.08 Å². The van der Waals surface area contributed by atoms with Gasteiger partial charge < -0.3 is 14.8 Å². The standard InChI is InChI=1S/C17H20Br2ClNO2/c1-4-5-6-14(20)17-21-10(2)15(23-17)9-11-7-12(18)16(22-3)13(19)8-11/h7-9,14,17,21H,2,4-6H2,1,3H3/b15-9-. The molecule has 0 saturated carbocycles. The summed E-state index contributed by atoms with van der Waals surface area (Å²) in [4.78, 5) is 0. The zero-order valence-electron chi connectivity index (χ0n) is 13.2. The molecule has 23 heavy (non-hydrogen) atoms. The van der Waals surface area contributed by atoms with Gasteiger partial charge >= 0.3 is 0 Å². The molecule has 0 spiro atoms. The predicted molar refractivity (Wildman–Crippen MR) is 103 cm³/mol. The molecule has 1 saturated heterocycles. The molecule has 1 fully saturated rings. The minimum Gasteiger partial charge on any atom is -0.494 e. The smallest absolute Gasteiger partial charge is 0.186 e. The third-order valence-corrected chi connectivity index (χ3v) is 5.18. The second-order valence-corrected chi connectivity index (χ2v) is 7.62. The average Bonchev–Trinajstić information content (AvgIpc) is 2.85. The van der Waals surface area contributed by atoms with E-state index in [4.69, 9.17) is 21.1 Å². The highest BCUT2D eigenvalue weighted by molar-refractivity contribution is 9.11. The SMILES string of the molecule is C=C1NC(C(Cl)CCCC)O/C1=C\c1cc(Br)c(OC)c(Br)c1. The van der Waals surface area contributed by atoms with E-state index in [1.54, 1.807) is 7.11 Å². The molecular weight excluding hydrogens is 445 g/mol. The summed E-state index contributed by atoms with van der Waals surface area (Å²) in [6.07, 6.45) is 4.82. The first-order chi connectivity index (χ1) is 11.0. The number of alkyl halides is 1. The summed E-state index contributed by atoms with van der Waals surface area (Å²) in [5.41, 5.74) is 1.73. The molecule has 6 heteroatoms. The zero-order chi connectivity index (χ0) is 17.0. The molecular formula is C17H20Br2ClNO2. The highest BCUT2D eigenvalue weighted by Crippen LogP contribution is 2.36. The molecule has 126 valence electrons. The van der Waals surface area contributed by atoms with Crippen LogP contribution in [-0.2, 0) is 4.74 Å². The van der Waals surface area contributed by atoms with E-state index in [0.29, 0.717) is 5.76 Å². The second kappa shape index (κ2) is 8.45. The maximum absolute atomic E-state index is 6.40. The Morgan fingerprint density at radius 3 is 2.65 bits per heavy atom. The third-order valence-electron chi connectivity index (χ3n) is 3.55. The molecule has 1 heterocycles. The van der Waals surface area contributed by atoms with Crippen molar-refractivity contribution in [2.45, 2.75) is 37.8 Å². The quantitative estimate of drug-likeness (QED) is 0.537. The van der Waals surface area contributed by atoms with Gasteiger partial charge in [0.2, 0.25) is 0 Å². The first-order valence-corrected chi connectivity index (χ1v) is 9.49. The van der Waals surface area contributed by atoms with Crippen molar-refractivity contribution in [1.82, 2.24) is 5.32 Å². The number of ether oxygens (including phenoxy) is 2. The molecule has 0 aliphatic carbocycles. The lowest BCUT2D eigenvalue weighted by molar-refractivity contribution is 0.139. The van der Waals surface area contributed by atoms with E-state index in [1.165, 1.54) is 0 Å². The van der Waals surface area contributed by atoms with Crippen LogP contribution in [0.4, 0.5) is 0 Å². The number of methoxy groups -OCH3 is 1. The van der Waals surface area contributed by atoms with Crippen LogP contribution in [0.1, 0.15) is 31.7 Å². The fraction of sp³-hybridized carbons (Fsp3) is 0.412. The van der Waals surface area contributed by atoms with E-state index in [-0.39, 0.29) is 11.6 Å². The first-order valence-electron chi connectivity index (χ1n) is 7.47. The van der Waals surface area contributed by atoms with Gasteiger partial charge in [-0.3, -0.25) is 0 Å². The minimum atomic E-state index is -0.230. The molecule has 1 aliphatic rings. The summed E-state index contributed by atoms with van der Waals surface area (Å²) in [5.74, 6) is 1.47. The van der Waals surface area contributed by atoms with E-state index < -0.39 is 0 Å². The lowest BCUT2D eigenvalue weighted by Crippen LogP contribution is -2.31. The zero-order valence-corrected chi connectivity index (χ0v) is 17.1.